The van der Waals surface area contributed by atoms with Gasteiger partial charge in [0.2, 0.25) is 0 Å². The molecule has 0 spiro atoms. The van der Waals surface area contributed by atoms with E-state index in [1.165, 1.54) is 0 Å². The minimum absolute atomic E-state index is 0.125. The molecule has 0 amide bonds. The Hall–Kier alpha value is -1.09. The number of rotatable bonds is 4. The summed E-state index contributed by atoms with van der Waals surface area (Å²) in [6.45, 7) is 0. The maximum atomic E-state index is 6.22. The molecule has 0 fully saturated rings. The first-order valence-corrected chi connectivity index (χ1v) is 6.47. The molecule has 0 aliphatic carbocycles. The third-order valence-electron chi connectivity index (χ3n) is 2.84. The van der Waals surface area contributed by atoms with Gasteiger partial charge >= 0.3 is 0 Å². The summed E-state index contributed by atoms with van der Waals surface area (Å²) in [5.74, 6) is 0. The van der Waals surface area contributed by atoms with Crippen LogP contribution in [0.15, 0.2) is 42.7 Å². The second-order valence-electron chi connectivity index (χ2n) is 4.07. The van der Waals surface area contributed by atoms with Crippen LogP contribution in [0.3, 0.4) is 0 Å². The van der Waals surface area contributed by atoms with Gasteiger partial charge in [0, 0.05) is 28.5 Å². The van der Waals surface area contributed by atoms with E-state index >= 15 is 0 Å². The highest BCUT2D eigenvalue weighted by atomic mass is 35.5. The van der Waals surface area contributed by atoms with Crippen LogP contribution in [0.1, 0.15) is 17.2 Å². The van der Waals surface area contributed by atoms with Crippen LogP contribution in [0, 0.1) is 0 Å². The number of hydrogen-bond donors (Lipinski definition) is 1. The lowest BCUT2D eigenvalue weighted by atomic mass is 10.00. The summed E-state index contributed by atoms with van der Waals surface area (Å²) in [6.07, 6.45) is 4.46. The van der Waals surface area contributed by atoms with E-state index in [0.717, 1.165) is 22.6 Å². The van der Waals surface area contributed by atoms with E-state index in [-0.39, 0.29) is 6.04 Å². The minimum Gasteiger partial charge on any atom is -0.313 e. The third-order valence-corrected chi connectivity index (χ3v) is 3.42. The summed E-state index contributed by atoms with van der Waals surface area (Å²) in [5, 5.41) is 4.68. The maximum Gasteiger partial charge on any atom is 0.0454 e. The van der Waals surface area contributed by atoms with Crippen LogP contribution in [0.4, 0.5) is 0 Å². The number of halogens is 2. The van der Waals surface area contributed by atoms with E-state index in [1.54, 1.807) is 12.3 Å². The van der Waals surface area contributed by atoms with E-state index in [2.05, 4.69) is 16.4 Å². The lowest BCUT2D eigenvalue weighted by Crippen LogP contribution is -2.19. The van der Waals surface area contributed by atoms with Crippen LogP contribution in [0.5, 0.6) is 0 Å². The van der Waals surface area contributed by atoms with Gasteiger partial charge in [-0.3, -0.25) is 4.98 Å². The zero-order valence-corrected chi connectivity index (χ0v) is 11.5. The molecule has 1 N–H and O–H groups in total. The molecule has 2 rings (SSSR count). The Kier molecular flexibility index (Phi) is 4.59. The van der Waals surface area contributed by atoms with Crippen LogP contribution in [-0.4, -0.2) is 12.0 Å². The van der Waals surface area contributed by atoms with Gasteiger partial charge in [-0.25, -0.2) is 0 Å². The SMILES string of the molecule is CNC(Cc1cccnc1)c1cc(Cl)ccc1Cl. The topological polar surface area (TPSA) is 24.9 Å². The summed E-state index contributed by atoms with van der Waals surface area (Å²) in [5.41, 5.74) is 2.17. The Bertz CT molecular complexity index is 514. The van der Waals surface area contributed by atoms with Crippen molar-refractivity contribution in [3.05, 3.63) is 63.9 Å². The van der Waals surface area contributed by atoms with E-state index in [9.17, 15) is 0 Å². The van der Waals surface area contributed by atoms with E-state index in [4.69, 9.17) is 23.2 Å². The van der Waals surface area contributed by atoms with Gasteiger partial charge in [0.1, 0.15) is 0 Å². The molecular weight excluding hydrogens is 267 g/mol. The molecule has 0 saturated carbocycles. The number of nitrogens with one attached hydrogen (secondary N) is 1. The fraction of sp³-hybridized carbons (Fsp3) is 0.214. The summed E-state index contributed by atoms with van der Waals surface area (Å²) in [4.78, 5) is 4.12. The molecule has 1 aromatic heterocycles. The molecule has 0 aliphatic rings. The van der Waals surface area contributed by atoms with E-state index < -0.39 is 0 Å². The Morgan fingerprint density at radius 2 is 2.11 bits per heavy atom. The molecule has 0 saturated heterocycles. The molecule has 18 heavy (non-hydrogen) atoms. The van der Waals surface area contributed by atoms with Crippen molar-refractivity contribution < 1.29 is 0 Å². The standard InChI is InChI=1S/C14H14Cl2N2/c1-17-14(7-10-3-2-6-18-9-10)12-8-11(15)4-5-13(12)16/h2-6,8-9,14,17H,7H2,1H3. The van der Waals surface area contributed by atoms with Crippen molar-refractivity contribution in [2.75, 3.05) is 7.05 Å². The van der Waals surface area contributed by atoms with Crippen LogP contribution in [-0.2, 0) is 6.42 Å². The summed E-state index contributed by atoms with van der Waals surface area (Å²) < 4.78 is 0. The first-order chi connectivity index (χ1) is 8.70. The largest absolute Gasteiger partial charge is 0.313 e. The molecule has 1 atom stereocenters. The number of hydrogen-bond acceptors (Lipinski definition) is 2. The zero-order valence-electron chi connectivity index (χ0n) is 10.0. The number of nitrogens with zero attached hydrogens (tertiary/aromatic N) is 1. The normalized spacial score (nSPS) is 12.4. The molecular formula is C14H14Cl2N2. The smallest absolute Gasteiger partial charge is 0.0454 e. The summed E-state index contributed by atoms with van der Waals surface area (Å²) in [6, 6.07) is 9.64. The van der Waals surface area contributed by atoms with Gasteiger partial charge in [0.15, 0.2) is 0 Å². The first kappa shape index (κ1) is 13.3. The molecule has 2 nitrogen and oxygen atoms in total. The fourth-order valence-electron chi connectivity index (χ4n) is 1.90. The first-order valence-electron chi connectivity index (χ1n) is 5.72. The van der Waals surface area contributed by atoms with Gasteiger partial charge in [-0.15, -0.1) is 0 Å². The van der Waals surface area contributed by atoms with Crippen LogP contribution in [0.2, 0.25) is 10.0 Å². The lowest BCUT2D eigenvalue weighted by molar-refractivity contribution is 0.591. The number of likely N-dealkylation sites (N-methyl/N-ethyl adjacent to an activating group) is 1. The Balaban J connectivity index is 2.26. The highest BCUT2D eigenvalue weighted by Gasteiger charge is 2.14. The van der Waals surface area contributed by atoms with Gasteiger partial charge in [-0.05, 0) is 48.9 Å². The van der Waals surface area contributed by atoms with Gasteiger partial charge in [0.05, 0.1) is 0 Å². The second-order valence-corrected chi connectivity index (χ2v) is 4.92. The Morgan fingerprint density at radius 1 is 1.28 bits per heavy atom. The molecule has 2 aromatic rings. The highest BCUT2D eigenvalue weighted by Crippen LogP contribution is 2.28. The van der Waals surface area contributed by atoms with Crippen molar-refractivity contribution in [3.63, 3.8) is 0 Å². The third kappa shape index (κ3) is 3.22. The summed E-state index contributed by atoms with van der Waals surface area (Å²) in [7, 11) is 1.91. The zero-order chi connectivity index (χ0) is 13.0. The van der Waals surface area contributed by atoms with Crippen molar-refractivity contribution in [1.29, 1.82) is 0 Å². The van der Waals surface area contributed by atoms with Gasteiger partial charge < -0.3 is 5.32 Å². The Morgan fingerprint density at radius 3 is 2.78 bits per heavy atom. The average molecular weight is 281 g/mol. The molecule has 1 heterocycles. The number of pyridine rings is 1. The fourth-order valence-corrected chi connectivity index (χ4v) is 2.33. The van der Waals surface area contributed by atoms with Gasteiger partial charge in [-0.2, -0.15) is 0 Å². The Labute approximate surface area is 117 Å². The van der Waals surface area contributed by atoms with Gasteiger partial charge in [0.25, 0.3) is 0 Å². The molecule has 0 aliphatic heterocycles. The number of benzene rings is 1. The van der Waals surface area contributed by atoms with Crippen molar-refractivity contribution in [3.8, 4) is 0 Å². The van der Waals surface area contributed by atoms with E-state index in [0.29, 0.717) is 5.02 Å². The molecule has 4 heteroatoms. The van der Waals surface area contributed by atoms with E-state index in [1.807, 2.05) is 31.4 Å². The quantitative estimate of drug-likeness (QED) is 0.919. The van der Waals surface area contributed by atoms with Crippen LogP contribution >= 0.6 is 23.2 Å². The summed E-state index contributed by atoms with van der Waals surface area (Å²) >= 11 is 12.2. The highest BCUT2D eigenvalue weighted by molar-refractivity contribution is 6.33. The van der Waals surface area contributed by atoms with Crippen molar-refractivity contribution in [2.45, 2.75) is 12.5 Å². The molecule has 1 unspecified atom stereocenters. The predicted molar refractivity (Wildman–Crippen MR) is 76.2 cm³/mol. The van der Waals surface area contributed by atoms with Gasteiger partial charge in [-0.1, -0.05) is 29.3 Å². The van der Waals surface area contributed by atoms with Crippen molar-refractivity contribution in [2.24, 2.45) is 0 Å². The monoisotopic (exact) mass is 280 g/mol. The molecule has 0 radical (unpaired) electrons. The molecule has 1 aromatic carbocycles. The van der Waals surface area contributed by atoms with Crippen LogP contribution in [0.25, 0.3) is 0 Å². The second kappa shape index (κ2) is 6.19. The molecule has 94 valence electrons. The van der Waals surface area contributed by atoms with Crippen molar-refractivity contribution >= 4 is 23.2 Å². The number of aromatic nitrogens is 1. The maximum absolute atomic E-state index is 6.22. The molecule has 0 bridgehead atoms. The average Bonchev–Trinajstić information content (AvgIpc) is 2.40. The lowest BCUT2D eigenvalue weighted by Gasteiger charge is -2.18. The van der Waals surface area contributed by atoms with Crippen LogP contribution < -0.4 is 5.32 Å². The predicted octanol–water partition coefficient (Wildman–Crippen LogP) is 3.89. The van der Waals surface area contributed by atoms with Crippen molar-refractivity contribution in [1.82, 2.24) is 10.3 Å². The minimum atomic E-state index is 0.125.